The van der Waals surface area contributed by atoms with Crippen LogP contribution in [-0.4, -0.2) is 24.1 Å². The van der Waals surface area contributed by atoms with E-state index in [1.54, 1.807) is 12.1 Å². The highest BCUT2D eigenvalue weighted by Gasteiger charge is 2.18. The number of nitrogens with zero attached hydrogens (tertiary/aromatic N) is 1. The molecule has 0 radical (unpaired) electrons. The van der Waals surface area contributed by atoms with Gasteiger partial charge in [-0.25, -0.2) is 0 Å². The van der Waals surface area contributed by atoms with Crippen molar-refractivity contribution >= 4 is 11.4 Å². The second-order valence-electron chi connectivity index (χ2n) is 4.82. The smallest absolute Gasteiger partial charge is 0.292 e. The van der Waals surface area contributed by atoms with Gasteiger partial charge in [-0.3, -0.25) is 10.1 Å². The normalized spacial score (nSPS) is 20.2. The van der Waals surface area contributed by atoms with E-state index in [1.807, 2.05) is 13.0 Å². The fourth-order valence-corrected chi connectivity index (χ4v) is 2.29. The van der Waals surface area contributed by atoms with Gasteiger partial charge < -0.3 is 10.6 Å². The van der Waals surface area contributed by atoms with Crippen LogP contribution < -0.4 is 10.6 Å². The molecule has 0 saturated carbocycles. The number of hydrogen-bond donors (Lipinski definition) is 2. The van der Waals surface area contributed by atoms with Gasteiger partial charge in [0.15, 0.2) is 0 Å². The van der Waals surface area contributed by atoms with Crippen LogP contribution in [0.15, 0.2) is 18.2 Å². The molecule has 1 aliphatic heterocycles. The standard InChI is InChI=1S/C13H19N3O2/c1-10-5-6-13(16(17)18)12(8-10)15-11-4-2-3-7-14-9-11/h5-6,8,11,14-15H,2-4,7,9H2,1H3. The van der Waals surface area contributed by atoms with Crippen molar-refractivity contribution in [1.82, 2.24) is 5.32 Å². The topological polar surface area (TPSA) is 67.2 Å². The van der Waals surface area contributed by atoms with Crippen molar-refractivity contribution in [3.05, 3.63) is 33.9 Å². The number of hydrogen-bond acceptors (Lipinski definition) is 4. The number of rotatable bonds is 3. The van der Waals surface area contributed by atoms with Crippen LogP contribution in [0, 0.1) is 17.0 Å². The van der Waals surface area contributed by atoms with E-state index >= 15 is 0 Å². The Morgan fingerprint density at radius 1 is 1.44 bits per heavy atom. The predicted molar refractivity (Wildman–Crippen MR) is 72.0 cm³/mol. The average molecular weight is 249 g/mol. The summed E-state index contributed by atoms with van der Waals surface area (Å²) in [5.41, 5.74) is 1.82. The lowest BCUT2D eigenvalue weighted by Gasteiger charge is -2.18. The van der Waals surface area contributed by atoms with Crippen LogP contribution in [0.4, 0.5) is 11.4 Å². The van der Waals surface area contributed by atoms with Crippen molar-refractivity contribution in [3.63, 3.8) is 0 Å². The average Bonchev–Trinajstić information content (AvgIpc) is 2.57. The largest absolute Gasteiger partial charge is 0.375 e. The summed E-state index contributed by atoms with van der Waals surface area (Å²) in [6.07, 6.45) is 3.39. The van der Waals surface area contributed by atoms with Crippen molar-refractivity contribution in [2.75, 3.05) is 18.4 Å². The minimum absolute atomic E-state index is 0.157. The van der Waals surface area contributed by atoms with Crippen LogP contribution in [0.2, 0.25) is 0 Å². The molecule has 5 nitrogen and oxygen atoms in total. The molecule has 1 atom stereocenters. The first-order valence-electron chi connectivity index (χ1n) is 6.39. The highest BCUT2D eigenvalue weighted by molar-refractivity contribution is 5.63. The molecule has 1 aliphatic rings. The van der Waals surface area contributed by atoms with E-state index in [-0.39, 0.29) is 16.7 Å². The highest BCUT2D eigenvalue weighted by Crippen LogP contribution is 2.26. The maximum atomic E-state index is 11.0. The Labute approximate surface area is 107 Å². The second-order valence-corrected chi connectivity index (χ2v) is 4.82. The van der Waals surface area contributed by atoms with E-state index in [0.29, 0.717) is 5.69 Å². The molecule has 0 aliphatic carbocycles. The highest BCUT2D eigenvalue weighted by atomic mass is 16.6. The van der Waals surface area contributed by atoms with Crippen molar-refractivity contribution < 1.29 is 4.92 Å². The SMILES string of the molecule is Cc1ccc([N+](=O)[O-])c(NC2CCCCNC2)c1. The third kappa shape index (κ3) is 3.20. The zero-order chi connectivity index (χ0) is 13.0. The van der Waals surface area contributed by atoms with Gasteiger partial charge in [-0.15, -0.1) is 0 Å². The molecular weight excluding hydrogens is 230 g/mol. The minimum Gasteiger partial charge on any atom is -0.375 e. The first-order valence-corrected chi connectivity index (χ1v) is 6.39. The fourth-order valence-electron chi connectivity index (χ4n) is 2.29. The van der Waals surface area contributed by atoms with E-state index < -0.39 is 0 Å². The van der Waals surface area contributed by atoms with Crippen LogP contribution >= 0.6 is 0 Å². The van der Waals surface area contributed by atoms with Crippen LogP contribution in [0.25, 0.3) is 0 Å². The Morgan fingerprint density at radius 2 is 2.28 bits per heavy atom. The number of nitro benzene ring substituents is 1. The van der Waals surface area contributed by atoms with Gasteiger partial charge in [0.1, 0.15) is 5.69 Å². The van der Waals surface area contributed by atoms with Gasteiger partial charge in [-0.2, -0.15) is 0 Å². The fraction of sp³-hybridized carbons (Fsp3) is 0.538. The van der Waals surface area contributed by atoms with Crippen molar-refractivity contribution in [2.45, 2.75) is 32.2 Å². The van der Waals surface area contributed by atoms with Gasteiger partial charge in [0, 0.05) is 18.7 Å². The Kier molecular flexibility index (Phi) is 4.15. The summed E-state index contributed by atoms with van der Waals surface area (Å²) in [6.45, 7) is 3.85. The molecule has 1 heterocycles. The summed E-state index contributed by atoms with van der Waals surface area (Å²) in [5, 5.41) is 17.6. The summed E-state index contributed by atoms with van der Waals surface area (Å²) in [5.74, 6) is 0. The summed E-state index contributed by atoms with van der Waals surface area (Å²) >= 11 is 0. The van der Waals surface area contributed by atoms with E-state index in [2.05, 4.69) is 10.6 Å². The van der Waals surface area contributed by atoms with Gasteiger partial charge in [0.05, 0.1) is 4.92 Å². The van der Waals surface area contributed by atoms with E-state index in [4.69, 9.17) is 0 Å². The Hall–Kier alpha value is -1.62. The molecule has 18 heavy (non-hydrogen) atoms. The van der Waals surface area contributed by atoms with E-state index in [0.717, 1.165) is 31.5 Å². The Morgan fingerprint density at radius 3 is 3.06 bits per heavy atom. The van der Waals surface area contributed by atoms with E-state index in [9.17, 15) is 10.1 Å². The van der Waals surface area contributed by atoms with Crippen LogP contribution in [-0.2, 0) is 0 Å². The zero-order valence-electron chi connectivity index (χ0n) is 10.6. The molecule has 1 aromatic carbocycles. The van der Waals surface area contributed by atoms with Gasteiger partial charge in [-0.05, 0) is 37.9 Å². The summed E-state index contributed by atoms with van der Waals surface area (Å²) in [6, 6.07) is 5.47. The molecule has 1 fully saturated rings. The minimum atomic E-state index is -0.327. The summed E-state index contributed by atoms with van der Waals surface area (Å²) in [7, 11) is 0. The molecule has 1 aromatic rings. The second kappa shape index (κ2) is 5.82. The molecule has 0 spiro atoms. The monoisotopic (exact) mass is 249 g/mol. The molecule has 1 saturated heterocycles. The number of benzene rings is 1. The van der Waals surface area contributed by atoms with Crippen LogP contribution in [0.3, 0.4) is 0 Å². The van der Waals surface area contributed by atoms with Gasteiger partial charge >= 0.3 is 0 Å². The van der Waals surface area contributed by atoms with Crippen LogP contribution in [0.1, 0.15) is 24.8 Å². The number of nitro groups is 1. The Balaban J connectivity index is 2.15. The third-order valence-corrected chi connectivity index (χ3v) is 3.26. The molecular formula is C13H19N3O2. The van der Waals surface area contributed by atoms with Gasteiger partial charge in [0.2, 0.25) is 0 Å². The quantitative estimate of drug-likeness (QED) is 0.638. The molecule has 1 unspecified atom stereocenters. The predicted octanol–water partition coefficient (Wildman–Crippen LogP) is 2.46. The lowest BCUT2D eigenvalue weighted by Crippen LogP contribution is -2.31. The van der Waals surface area contributed by atoms with Crippen molar-refractivity contribution in [1.29, 1.82) is 0 Å². The van der Waals surface area contributed by atoms with Gasteiger partial charge in [0.25, 0.3) is 5.69 Å². The number of aryl methyl sites for hydroxylation is 1. The Bertz CT molecular complexity index is 426. The van der Waals surface area contributed by atoms with Crippen LogP contribution in [0.5, 0.6) is 0 Å². The van der Waals surface area contributed by atoms with Gasteiger partial charge in [-0.1, -0.05) is 12.5 Å². The maximum absolute atomic E-state index is 11.0. The van der Waals surface area contributed by atoms with Crippen molar-refractivity contribution in [3.8, 4) is 0 Å². The molecule has 2 rings (SSSR count). The molecule has 98 valence electrons. The molecule has 0 bridgehead atoms. The summed E-state index contributed by atoms with van der Waals surface area (Å²) in [4.78, 5) is 10.7. The lowest BCUT2D eigenvalue weighted by atomic mass is 10.1. The summed E-state index contributed by atoms with van der Waals surface area (Å²) < 4.78 is 0. The zero-order valence-corrected chi connectivity index (χ0v) is 10.6. The lowest BCUT2D eigenvalue weighted by molar-refractivity contribution is -0.384. The molecule has 0 amide bonds. The van der Waals surface area contributed by atoms with Crippen molar-refractivity contribution in [2.24, 2.45) is 0 Å². The number of anilines is 1. The maximum Gasteiger partial charge on any atom is 0.292 e. The first-order chi connectivity index (χ1) is 8.66. The molecule has 0 aromatic heterocycles. The molecule has 2 N–H and O–H groups in total. The first kappa shape index (κ1) is 12.8. The van der Waals surface area contributed by atoms with E-state index in [1.165, 1.54) is 6.42 Å². The third-order valence-electron chi connectivity index (χ3n) is 3.26. The number of nitrogens with one attached hydrogen (secondary N) is 2. The molecule has 5 heteroatoms.